The first kappa shape index (κ1) is 9.00. The zero-order valence-corrected chi connectivity index (χ0v) is 7.45. The van der Waals surface area contributed by atoms with Gasteiger partial charge in [0.1, 0.15) is 0 Å². The van der Waals surface area contributed by atoms with E-state index in [1.807, 2.05) is 18.2 Å². The molecule has 3 nitrogen and oxygen atoms in total. The normalized spacial score (nSPS) is 13.3. The lowest BCUT2D eigenvalue weighted by Gasteiger charge is -2.19. The van der Waals surface area contributed by atoms with Gasteiger partial charge in [0.25, 0.3) is 0 Å². The maximum atomic E-state index is 5.61. The second-order valence-corrected chi connectivity index (χ2v) is 2.66. The van der Waals surface area contributed by atoms with E-state index in [-0.39, 0.29) is 12.4 Å². The number of fused-ring (bicyclic) bond motifs is 1. The van der Waals surface area contributed by atoms with Crippen molar-refractivity contribution in [2.45, 2.75) is 0 Å². The lowest BCUT2D eigenvalue weighted by molar-refractivity contribution is 1.05. The predicted octanol–water partition coefficient (Wildman–Crippen LogP) is 1.53. The highest BCUT2D eigenvalue weighted by Gasteiger charge is 2.05. The van der Waals surface area contributed by atoms with E-state index >= 15 is 0 Å². The first-order valence-electron chi connectivity index (χ1n) is 3.73. The number of hydrogen-bond acceptors (Lipinski definition) is 3. The number of hydrogen-bond donors (Lipinski definition) is 3. The van der Waals surface area contributed by atoms with Crippen LogP contribution in [0.1, 0.15) is 0 Å². The average molecular weight is 186 g/mol. The largest absolute Gasteiger partial charge is 0.399 e. The van der Waals surface area contributed by atoms with E-state index in [0.29, 0.717) is 0 Å². The van der Waals surface area contributed by atoms with Gasteiger partial charge < -0.3 is 16.4 Å². The molecule has 0 unspecified atom stereocenters. The molecule has 1 heterocycles. The van der Waals surface area contributed by atoms with Crippen molar-refractivity contribution >= 4 is 29.5 Å². The molecule has 0 aliphatic carbocycles. The molecule has 1 aliphatic heterocycles. The zero-order valence-electron chi connectivity index (χ0n) is 6.63. The van der Waals surface area contributed by atoms with Crippen LogP contribution in [0.2, 0.25) is 0 Å². The number of nitrogens with two attached hydrogens (primary N) is 1. The molecule has 0 fully saturated rings. The van der Waals surface area contributed by atoms with Gasteiger partial charge >= 0.3 is 0 Å². The van der Waals surface area contributed by atoms with Gasteiger partial charge in [-0.2, -0.15) is 0 Å². The molecule has 12 heavy (non-hydrogen) atoms. The van der Waals surface area contributed by atoms with E-state index in [1.54, 1.807) is 0 Å². The van der Waals surface area contributed by atoms with Crippen molar-refractivity contribution in [1.82, 2.24) is 0 Å². The average Bonchev–Trinajstić information content (AvgIpc) is 2.04. The van der Waals surface area contributed by atoms with Crippen LogP contribution in [-0.4, -0.2) is 13.1 Å². The molecular formula is C8H12ClN3. The highest BCUT2D eigenvalue weighted by Crippen LogP contribution is 2.25. The van der Waals surface area contributed by atoms with Crippen molar-refractivity contribution in [1.29, 1.82) is 0 Å². The minimum atomic E-state index is 0. The standard InChI is InChI=1S/C8H11N3.ClH/c9-6-1-2-7-8(5-6)11-4-3-10-7;/h1-2,5,10-11H,3-4,9H2;1H. The number of rotatable bonds is 0. The third-order valence-corrected chi connectivity index (χ3v) is 1.80. The summed E-state index contributed by atoms with van der Waals surface area (Å²) in [6, 6.07) is 5.84. The summed E-state index contributed by atoms with van der Waals surface area (Å²) in [6.45, 7) is 1.95. The van der Waals surface area contributed by atoms with Crippen molar-refractivity contribution < 1.29 is 0 Å². The molecular weight excluding hydrogens is 174 g/mol. The second-order valence-electron chi connectivity index (χ2n) is 2.66. The molecule has 0 saturated carbocycles. The topological polar surface area (TPSA) is 50.1 Å². The molecule has 0 radical (unpaired) electrons. The van der Waals surface area contributed by atoms with Crippen LogP contribution >= 0.6 is 12.4 Å². The minimum Gasteiger partial charge on any atom is -0.399 e. The summed E-state index contributed by atoms with van der Waals surface area (Å²) in [5.41, 5.74) is 8.67. The molecule has 0 spiro atoms. The van der Waals surface area contributed by atoms with Crippen LogP contribution in [0, 0.1) is 0 Å². The first-order chi connectivity index (χ1) is 5.36. The summed E-state index contributed by atoms with van der Waals surface area (Å²) in [5.74, 6) is 0. The molecule has 1 aromatic carbocycles. The summed E-state index contributed by atoms with van der Waals surface area (Å²) in [4.78, 5) is 0. The van der Waals surface area contributed by atoms with Gasteiger partial charge in [-0.3, -0.25) is 0 Å². The van der Waals surface area contributed by atoms with Gasteiger partial charge in [-0.05, 0) is 18.2 Å². The van der Waals surface area contributed by atoms with E-state index in [0.717, 1.165) is 30.2 Å². The summed E-state index contributed by atoms with van der Waals surface area (Å²) >= 11 is 0. The van der Waals surface area contributed by atoms with Crippen molar-refractivity contribution in [3.05, 3.63) is 18.2 Å². The Bertz CT molecular complexity index is 275. The Balaban J connectivity index is 0.000000720. The van der Waals surface area contributed by atoms with Crippen molar-refractivity contribution in [3.63, 3.8) is 0 Å². The quantitative estimate of drug-likeness (QED) is 0.538. The summed E-state index contributed by atoms with van der Waals surface area (Å²) < 4.78 is 0. The highest BCUT2D eigenvalue weighted by molar-refractivity contribution is 5.85. The van der Waals surface area contributed by atoms with Gasteiger partial charge in [0.05, 0.1) is 11.4 Å². The Labute approximate surface area is 77.7 Å². The fourth-order valence-corrected chi connectivity index (χ4v) is 1.26. The molecule has 2 rings (SSSR count). The van der Waals surface area contributed by atoms with Gasteiger partial charge in [0.2, 0.25) is 0 Å². The van der Waals surface area contributed by atoms with E-state index in [9.17, 15) is 0 Å². The van der Waals surface area contributed by atoms with E-state index < -0.39 is 0 Å². The van der Waals surface area contributed by atoms with Crippen molar-refractivity contribution in [3.8, 4) is 0 Å². The number of halogens is 1. The Kier molecular flexibility index (Phi) is 2.65. The number of nitrogen functional groups attached to an aromatic ring is 1. The van der Waals surface area contributed by atoms with Gasteiger partial charge in [-0.25, -0.2) is 0 Å². The molecule has 66 valence electrons. The lowest BCUT2D eigenvalue weighted by atomic mass is 10.2. The van der Waals surface area contributed by atoms with Crippen molar-refractivity contribution in [2.24, 2.45) is 0 Å². The molecule has 0 amide bonds. The van der Waals surface area contributed by atoms with Gasteiger partial charge in [0.15, 0.2) is 0 Å². The van der Waals surface area contributed by atoms with Crippen LogP contribution in [0.25, 0.3) is 0 Å². The third kappa shape index (κ3) is 1.56. The fraction of sp³-hybridized carbons (Fsp3) is 0.250. The highest BCUT2D eigenvalue weighted by atomic mass is 35.5. The summed E-state index contributed by atoms with van der Waals surface area (Å²) in [6.07, 6.45) is 0. The van der Waals surface area contributed by atoms with E-state index in [2.05, 4.69) is 10.6 Å². The monoisotopic (exact) mass is 185 g/mol. The predicted molar refractivity (Wildman–Crippen MR) is 55.1 cm³/mol. The minimum absolute atomic E-state index is 0. The van der Waals surface area contributed by atoms with Crippen LogP contribution in [0.4, 0.5) is 17.1 Å². The van der Waals surface area contributed by atoms with Crippen LogP contribution in [-0.2, 0) is 0 Å². The fourth-order valence-electron chi connectivity index (χ4n) is 1.26. The van der Waals surface area contributed by atoms with Crippen LogP contribution in [0.3, 0.4) is 0 Å². The van der Waals surface area contributed by atoms with Gasteiger partial charge in [0, 0.05) is 18.8 Å². The Morgan fingerprint density at radius 1 is 1.08 bits per heavy atom. The molecule has 4 heteroatoms. The van der Waals surface area contributed by atoms with E-state index in [1.165, 1.54) is 0 Å². The van der Waals surface area contributed by atoms with Crippen LogP contribution in [0.5, 0.6) is 0 Å². The number of anilines is 3. The molecule has 1 aliphatic rings. The molecule has 0 saturated heterocycles. The molecule has 0 bridgehead atoms. The van der Waals surface area contributed by atoms with Gasteiger partial charge in [-0.15, -0.1) is 12.4 Å². The third-order valence-electron chi connectivity index (χ3n) is 1.80. The zero-order chi connectivity index (χ0) is 7.68. The first-order valence-corrected chi connectivity index (χ1v) is 3.73. The number of benzene rings is 1. The Morgan fingerprint density at radius 2 is 1.75 bits per heavy atom. The summed E-state index contributed by atoms with van der Waals surface area (Å²) in [7, 11) is 0. The smallest absolute Gasteiger partial charge is 0.0597 e. The Hall–Kier alpha value is -1.09. The molecule has 0 atom stereocenters. The number of nitrogens with one attached hydrogen (secondary N) is 2. The SMILES string of the molecule is Cl.Nc1ccc2c(c1)NCCN2. The Morgan fingerprint density at radius 3 is 2.50 bits per heavy atom. The van der Waals surface area contributed by atoms with Crippen LogP contribution < -0.4 is 16.4 Å². The molecule has 1 aromatic rings. The second kappa shape index (κ2) is 3.54. The van der Waals surface area contributed by atoms with Crippen LogP contribution in [0.15, 0.2) is 18.2 Å². The summed E-state index contributed by atoms with van der Waals surface area (Å²) in [5, 5.41) is 6.53. The lowest BCUT2D eigenvalue weighted by Crippen LogP contribution is -2.20. The van der Waals surface area contributed by atoms with E-state index in [4.69, 9.17) is 5.73 Å². The van der Waals surface area contributed by atoms with Gasteiger partial charge in [-0.1, -0.05) is 0 Å². The molecule has 4 N–H and O–H groups in total. The van der Waals surface area contributed by atoms with Crippen molar-refractivity contribution in [2.75, 3.05) is 29.5 Å². The maximum Gasteiger partial charge on any atom is 0.0597 e. The maximum absolute atomic E-state index is 5.61. The molecule has 0 aromatic heterocycles.